The molecule has 0 amide bonds. The van der Waals surface area contributed by atoms with E-state index in [1.54, 1.807) is 7.11 Å². The number of aliphatic hydroxyl groups is 2. The maximum Gasteiger partial charge on any atom is 0.106 e. The van der Waals surface area contributed by atoms with Crippen molar-refractivity contribution in [1.82, 2.24) is 0 Å². The number of thiophene rings is 1. The monoisotopic (exact) mass is 248 g/mol. The van der Waals surface area contributed by atoms with E-state index in [1.807, 2.05) is 11.4 Å². The molecule has 1 aromatic rings. The predicted molar refractivity (Wildman–Crippen MR) is 64.5 cm³/mol. The van der Waals surface area contributed by atoms with Crippen LogP contribution in [0.3, 0.4) is 0 Å². The Morgan fingerprint density at radius 1 is 1.53 bits per heavy atom. The van der Waals surface area contributed by atoms with Gasteiger partial charge in [-0.2, -0.15) is 12.6 Å². The Balaban J connectivity index is 2.60. The molecule has 0 radical (unpaired) electrons. The van der Waals surface area contributed by atoms with Crippen LogP contribution >= 0.6 is 24.0 Å². The average Bonchev–Trinajstić information content (AvgIpc) is 2.66. The minimum absolute atomic E-state index is 0.486. The minimum Gasteiger partial charge on any atom is -0.390 e. The number of ether oxygens (including phenoxy) is 1. The first-order chi connectivity index (χ1) is 7.19. The molecule has 0 aromatic carbocycles. The molecule has 1 aromatic heterocycles. The lowest BCUT2D eigenvalue weighted by Gasteiger charge is -2.15. The molecule has 3 nitrogen and oxygen atoms in total. The van der Waals surface area contributed by atoms with Crippen molar-refractivity contribution < 1.29 is 14.9 Å². The summed E-state index contributed by atoms with van der Waals surface area (Å²) in [6.07, 6.45) is -1.08. The second-order valence-corrected chi connectivity index (χ2v) is 4.75. The van der Waals surface area contributed by atoms with E-state index < -0.39 is 12.2 Å². The molecular formula is C10H16O3S2. The van der Waals surface area contributed by atoms with E-state index >= 15 is 0 Å². The molecule has 0 aliphatic carbocycles. The summed E-state index contributed by atoms with van der Waals surface area (Å²) in [6.45, 7) is 0.542. The normalized spacial score (nSPS) is 15.2. The quantitative estimate of drug-likeness (QED) is 0.670. The molecule has 2 N–H and O–H groups in total. The summed E-state index contributed by atoms with van der Waals surface area (Å²) in [7, 11) is 1.63. The highest BCUT2D eigenvalue weighted by Gasteiger charge is 2.18. The largest absolute Gasteiger partial charge is 0.390 e. The molecule has 5 heteroatoms. The summed E-state index contributed by atoms with van der Waals surface area (Å²) >= 11 is 5.54. The molecule has 0 saturated carbocycles. The number of thiol groups is 1. The van der Waals surface area contributed by atoms with Gasteiger partial charge >= 0.3 is 0 Å². The van der Waals surface area contributed by atoms with Gasteiger partial charge in [0.1, 0.15) is 6.10 Å². The van der Waals surface area contributed by atoms with Gasteiger partial charge in [0.05, 0.1) is 12.7 Å². The Morgan fingerprint density at radius 3 is 2.87 bits per heavy atom. The van der Waals surface area contributed by atoms with Gasteiger partial charge in [-0.15, -0.1) is 11.3 Å². The van der Waals surface area contributed by atoms with E-state index in [-0.39, 0.29) is 0 Å². The van der Waals surface area contributed by atoms with Gasteiger partial charge in [0.2, 0.25) is 0 Å². The summed E-state index contributed by atoms with van der Waals surface area (Å²) in [4.78, 5) is 1.05. The van der Waals surface area contributed by atoms with Crippen molar-refractivity contribution in [3.63, 3.8) is 0 Å². The molecular weight excluding hydrogens is 232 g/mol. The third-order valence-electron chi connectivity index (χ3n) is 2.09. The van der Waals surface area contributed by atoms with E-state index in [2.05, 4.69) is 12.6 Å². The van der Waals surface area contributed by atoms with Crippen molar-refractivity contribution in [3.8, 4) is 0 Å². The lowest BCUT2D eigenvalue weighted by atomic mass is 10.1. The molecule has 2 unspecified atom stereocenters. The molecule has 0 fully saturated rings. The van der Waals surface area contributed by atoms with Crippen LogP contribution in [0.4, 0.5) is 0 Å². The van der Waals surface area contributed by atoms with E-state index in [9.17, 15) is 10.2 Å². The van der Waals surface area contributed by atoms with Crippen molar-refractivity contribution in [2.24, 2.45) is 0 Å². The van der Waals surface area contributed by atoms with E-state index in [1.165, 1.54) is 11.3 Å². The molecule has 0 bridgehead atoms. The van der Waals surface area contributed by atoms with E-state index in [0.717, 1.165) is 10.4 Å². The first-order valence-electron chi connectivity index (χ1n) is 4.72. The van der Waals surface area contributed by atoms with Gasteiger partial charge in [-0.1, -0.05) is 0 Å². The highest BCUT2D eigenvalue weighted by Crippen LogP contribution is 2.25. The van der Waals surface area contributed by atoms with E-state index in [0.29, 0.717) is 18.8 Å². The van der Waals surface area contributed by atoms with E-state index in [4.69, 9.17) is 4.74 Å². The third-order valence-corrected chi connectivity index (χ3v) is 3.28. The maximum atomic E-state index is 9.78. The van der Waals surface area contributed by atoms with Crippen molar-refractivity contribution in [2.45, 2.75) is 25.2 Å². The second-order valence-electron chi connectivity index (χ2n) is 3.30. The first kappa shape index (κ1) is 13.0. The zero-order chi connectivity index (χ0) is 11.3. The summed E-state index contributed by atoms with van der Waals surface area (Å²) in [6, 6.07) is 1.86. The van der Waals surface area contributed by atoms with Crippen molar-refractivity contribution in [2.75, 3.05) is 12.9 Å². The molecule has 0 aliphatic heterocycles. The van der Waals surface area contributed by atoms with Gasteiger partial charge in [0.15, 0.2) is 0 Å². The molecule has 2 atom stereocenters. The molecule has 15 heavy (non-hydrogen) atoms. The van der Waals surface area contributed by atoms with Crippen LogP contribution in [-0.4, -0.2) is 29.2 Å². The Bertz CT molecular complexity index is 288. The zero-order valence-electron chi connectivity index (χ0n) is 8.59. The Labute approximate surface area is 99.1 Å². The maximum absolute atomic E-state index is 9.78. The van der Waals surface area contributed by atoms with Crippen LogP contribution in [-0.2, 0) is 11.3 Å². The van der Waals surface area contributed by atoms with Gasteiger partial charge in [-0.05, 0) is 29.2 Å². The van der Waals surface area contributed by atoms with Gasteiger partial charge in [0.25, 0.3) is 0 Å². The van der Waals surface area contributed by atoms with Crippen LogP contribution in [0.25, 0.3) is 0 Å². The average molecular weight is 248 g/mol. The van der Waals surface area contributed by atoms with Gasteiger partial charge in [0, 0.05) is 12.0 Å². The highest BCUT2D eigenvalue weighted by atomic mass is 32.1. The number of methoxy groups -OCH3 is 1. The fourth-order valence-electron chi connectivity index (χ4n) is 1.28. The molecule has 86 valence electrons. The van der Waals surface area contributed by atoms with Crippen LogP contribution in [0.1, 0.15) is 23.0 Å². The lowest BCUT2D eigenvalue weighted by molar-refractivity contribution is 0.0174. The zero-order valence-corrected chi connectivity index (χ0v) is 10.3. The number of aliphatic hydroxyl groups excluding tert-OH is 2. The van der Waals surface area contributed by atoms with Crippen molar-refractivity contribution >= 4 is 24.0 Å². The smallest absolute Gasteiger partial charge is 0.106 e. The van der Waals surface area contributed by atoms with Crippen molar-refractivity contribution in [1.29, 1.82) is 0 Å². The SMILES string of the molecule is COCc1cc(C(O)C(O)CCS)cs1. The highest BCUT2D eigenvalue weighted by molar-refractivity contribution is 7.80. The summed E-state index contributed by atoms with van der Waals surface area (Å²) in [5, 5.41) is 21.2. The first-order valence-corrected chi connectivity index (χ1v) is 6.23. The fourth-order valence-corrected chi connectivity index (χ4v) is 2.43. The number of hydrogen-bond acceptors (Lipinski definition) is 5. The van der Waals surface area contributed by atoms with Crippen molar-refractivity contribution in [3.05, 3.63) is 21.9 Å². The predicted octanol–water partition coefficient (Wildman–Crippen LogP) is 1.61. The summed E-state index contributed by atoms with van der Waals surface area (Å²) in [5.41, 5.74) is 0.751. The Hall–Kier alpha value is -0.0700. The molecule has 1 heterocycles. The third kappa shape index (κ3) is 3.77. The minimum atomic E-state index is -0.820. The van der Waals surface area contributed by atoms with Crippen LogP contribution in [0.5, 0.6) is 0 Å². The Kier molecular flexibility index (Phi) is 5.63. The van der Waals surface area contributed by atoms with Crippen LogP contribution in [0, 0.1) is 0 Å². The van der Waals surface area contributed by atoms with Gasteiger partial charge < -0.3 is 14.9 Å². The van der Waals surface area contributed by atoms with Crippen LogP contribution < -0.4 is 0 Å². The van der Waals surface area contributed by atoms with Crippen LogP contribution in [0.2, 0.25) is 0 Å². The molecule has 1 rings (SSSR count). The van der Waals surface area contributed by atoms with Crippen LogP contribution in [0.15, 0.2) is 11.4 Å². The topological polar surface area (TPSA) is 49.7 Å². The lowest BCUT2D eigenvalue weighted by Crippen LogP contribution is -2.18. The molecule has 0 spiro atoms. The summed E-state index contributed by atoms with van der Waals surface area (Å²) in [5.74, 6) is 0.563. The molecule has 0 saturated heterocycles. The molecule has 0 aliphatic rings. The fraction of sp³-hybridized carbons (Fsp3) is 0.600. The van der Waals surface area contributed by atoms with Gasteiger partial charge in [-0.25, -0.2) is 0 Å². The Morgan fingerprint density at radius 2 is 2.27 bits per heavy atom. The number of rotatable bonds is 6. The standard InChI is InChI=1S/C10H16O3S2/c1-13-5-8-4-7(6-15-8)10(12)9(11)2-3-14/h4,6,9-12,14H,2-3,5H2,1H3. The van der Waals surface area contributed by atoms with Gasteiger partial charge in [-0.3, -0.25) is 0 Å². The number of hydrogen-bond donors (Lipinski definition) is 3. The summed E-state index contributed by atoms with van der Waals surface area (Å²) < 4.78 is 4.98. The second kappa shape index (κ2) is 6.50.